The summed E-state index contributed by atoms with van der Waals surface area (Å²) < 4.78 is 0. The summed E-state index contributed by atoms with van der Waals surface area (Å²) in [6.45, 7) is 8.66. The first-order valence-corrected chi connectivity index (χ1v) is 9.35. The van der Waals surface area contributed by atoms with E-state index in [2.05, 4.69) is 63.3 Å². The van der Waals surface area contributed by atoms with Gasteiger partial charge < -0.3 is 5.32 Å². The first-order valence-electron chi connectivity index (χ1n) is 9.35. The molecule has 0 saturated carbocycles. The van der Waals surface area contributed by atoms with Gasteiger partial charge in [0.15, 0.2) is 0 Å². The average Bonchev–Trinajstić information content (AvgIpc) is 2.65. The van der Waals surface area contributed by atoms with Crippen LogP contribution in [-0.4, -0.2) is 5.91 Å². The molecule has 0 unspecified atom stereocenters. The first-order chi connectivity index (χ1) is 12.5. The number of amides is 1. The summed E-state index contributed by atoms with van der Waals surface area (Å²) >= 11 is 0. The van der Waals surface area contributed by atoms with E-state index >= 15 is 0 Å². The fraction of sp³-hybridized carbons (Fsp3) is 0.292. The van der Waals surface area contributed by atoms with Gasteiger partial charge in [-0.2, -0.15) is 0 Å². The number of fused-ring (bicyclic) bond motifs is 1. The van der Waals surface area contributed by atoms with Crippen LogP contribution in [0, 0.1) is 5.92 Å². The van der Waals surface area contributed by atoms with Crippen molar-refractivity contribution in [1.82, 2.24) is 5.32 Å². The Hall–Kier alpha value is -2.61. The molecular formula is C24H27NO. The average molecular weight is 345 g/mol. The van der Waals surface area contributed by atoms with Crippen molar-refractivity contribution in [2.24, 2.45) is 5.92 Å². The molecule has 0 heterocycles. The van der Waals surface area contributed by atoms with Gasteiger partial charge in [0.1, 0.15) is 0 Å². The van der Waals surface area contributed by atoms with E-state index < -0.39 is 0 Å². The lowest BCUT2D eigenvalue weighted by Gasteiger charge is -2.23. The Morgan fingerprint density at radius 1 is 0.769 bits per heavy atom. The van der Waals surface area contributed by atoms with Crippen molar-refractivity contribution in [3.05, 3.63) is 83.4 Å². The van der Waals surface area contributed by atoms with E-state index in [0.717, 1.165) is 16.3 Å². The maximum absolute atomic E-state index is 12.8. The predicted molar refractivity (Wildman–Crippen MR) is 110 cm³/mol. The van der Waals surface area contributed by atoms with Crippen LogP contribution in [0.15, 0.2) is 66.7 Å². The lowest BCUT2D eigenvalue weighted by molar-refractivity contribution is 0.0925. The molecule has 26 heavy (non-hydrogen) atoms. The second-order valence-corrected chi connectivity index (χ2v) is 7.58. The summed E-state index contributed by atoms with van der Waals surface area (Å²) in [4.78, 5) is 12.8. The van der Waals surface area contributed by atoms with Crippen molar-refractivity contribution in [2.45, 2.75) is 39.7 Å². The van der Waals surface area contributed by atoms with Gasteiger partial charge in [-0.3, -0.25) is 4.79 Å². The van der Waals surface area contributed by atoms with Gasteiger partial charge in [-0.05, 0) is 45.9 Å². The van der Waals surface area contributed by atoms with E-state index in [1.165, 1.54) is 5.56 Å². The van der Waals surface area contributed by atoms with Crippen molar-refractivity contribution in [3.8, 4) is 0 Å². The van der Waals surface area contributed by atoms with E-state index in [-0.39, 0.29) is 11.9 Å². The zero-order chi connectivity index (χ0) is 18.7. The Kier molecular flexibility index (Phi) is 5.41. The number of carbonyl (C=O) groups is 1. The zero-order valence-electron chi connectivity index (χ0n) is 16.0. The third-order valence-corrected chi connectivity index (χ3v) is 4.93. The smallest absolute Gasteiger partial charge is 0.251 e. The standard InChI is InChI=1S/C24H27NO/c1-16(2)18-9-12-20(13-10-18)23(17(3)4)25-24(26)22-14-11-19-7-5-6-8-21(19)15-22/h5-17,23H,1-4H3,(H,25,26)/t23-/m1/s1. The third-order valence-electron chi connectivity index (χ3n) is 4.93. The van der Waals surface area contributed by atoms with Gasteiger partial charge in [0.05, 0.1) is 6.04 Å². The molecule has 0 bridgehead atoms. The summed E-state index contributed by atoms with van der Waals surface area (Å²) in [5.41, 5.74) is 3.17. The van der Waals surface area contributed by atoms with Gasteiger partial charge in [-0.15, -0.1) is 0 Å². The van der Waals surface area contributed by atoms with Gasteiger partial charge in [0.25, 0.3) is 5.91 Å². The highest BCUT2D eigenvalue weighted by atomic mass is 16.1. The van der Waals surface area contributed by atoms with Crippen molar-refractivity contribution < 1.29 is 4.79 Å². The van der Waals surface area contributed by atoms with E-state index in [1.54, 1.807) is 0 Å². The first kappa shape index (κ1) is 18.2. The number of carbonyl (C=O) groups excluding carboxylic acids is 1. The van der Waals surface area contributed by atoms with Crippen molar-refractivity contribution in [2.75, 3.05) is 0 Å². The highest BCUT2D eigenvalue weighted by molar-refractivity contribution is 5.98. The van der Waals surface area contributed by atoms with E-state index in [1.807, 2.05) is 36.4 Å². The Morgan fingerprint density at radius 2 is 1.38 bits per heavy atom. The molecule has 1 N–H and O–H groups in total. The van der Waals surface area contributed by atoms with Crippen LogP contribution in [0.2, 0.25) is 0 Å². The molecule has 0 radical (unpaired) electrons. The lowest BCUT2D eigenvalue weighted by atomic mass is 9.93. The molecule has 0 aromatic heterocycles. The zero-order valence-corrected chi connectivity index (χ0v) is 16.0. The summed E-state index contributed by atoms with van der Waals surface area (Å²) in [6.07, 6.45) is 0. The van der Waals surface area contributed by atoms with Crippen molar-refractivity contribution in [1.29, 1.82) is 0 Å². The number of nitrogens with one attached hydrogen (secondary N) is 1. The van der Waals surface area contributed by atoms with Gasteiger partial charge in [-0.1, -0.05) is 82.3 Å². The molecule has 0 aliphatic carbocycles. The molecule has 134 valence electrons. The minimum atomic E-state index is -0.0256. The van der Waals surface area contributed by atoms with Crippen molar-refractivity contribution >= 4 is 16.7 Å². The Morgan fingerprint density at radius 3 is 2.00 bits per heavy atom. The molecule has 0 aliphatic heterocycles. The van der Waals surface area contributed by atoms with E-state index in [4.69, 9.17) is 0 Å². The summed E-state index contributed by atoms with van der Waals surface area (Å²) in [6, 6.07) is 22.6. The van der Waals surface area contributed by atoms with E-state index in [9.17, 15) is 4.79 Å². The molecule has 3 rings (SSSR count). The molecule has 0 aliphatic rings. The van der Waals surface area contributed by atoms with Gasteiger partial charge in [0.2, 0.25) is 0 Å². The molecule has 3 aromatic carbocycles. The molecule has 3 aromatic rings. The van der Waals surface area contributed by atoms with Crippen molar-refractivity contribution in [3.63, 3.8) is 0 Å². The number of hydrogen-bond acceptors (Lipinski definition) is 1. The molecule has 0 spiro atoms. The van der Waals surface area contributed by atoms with Gasteiger partial charge in [-0.25, -0.2) is 0 Å². The monoisotopic (exact) mass is 345 g/mol. The van der Waals surface area contributed by atoms with Crippen LogP contribution < -0.4 is 5.32 Å². The Balaban J connectivity index is 1.83. The van der Waals surface area contributed by atoms with Crippen LogP contribution in [0.3, 0.4) is 0 Å². The van der Waals surface area contributed by atoms with Gasteiger partial charge >= 0.3 is 0 Å². The molecule has 2 heteroatoms. The molecular weight excluding hydrogens is 318 g/mol. The number of rotatable bonds is 5. The van der Waals surface area contributed by atoms with Crippen LogP contribution in [0.25, 0.3) is 10.8 Å². The third kappa shape index (κ3) is 3.96. The molecule has 2 nitrogen and oxygen atoms in total. The second kappa shape index (κ2) is 7.74. The van der Waals surface area contributed by atoms with Crippen LogP contribution in [-0.2, 0) is 0 Å². The number of benzene rings is 3. The van der Waals surface area contributed by atoms with E-state index in [0.29, 0.717) is 17.4 Å². The molecule has 1 atom stereocenters. The fourth-order valence-corrected chi connectivity index (χ4v) is 3.28. The summed E-state index contributed by atoms with van der Waals surface area (Å²) in [5, 5.41) is 5.46. The second-order valence-electron chi connectivity index (χ2n) is 7.58. The Bertz CT molecular complexity index is 893. The van der Waals surface area contributed by atoms with Crippen LogP contribution in [0.1, 0.15) is 61.1 Å². The summed E-state index contributed by atoms with van der Waals surface area (Å²) in [7, 11) is 0. The highest BCUT2D eigenvalue weighted by Gasteiger charge is 2.19. The normalized spacial score (nSPS) is 12.5. The summed E-state index contributed by atoms with van der Waals surface area (Å²) in [5.74, 6) is 0.792. The Labute approximate surface area is 156 Å². The minimum Gasteiger partial charge on any atom is -0.345 e. The molecule has 0 fully saturated rings. The molecule has 1 amide bonds. The largest absolute Gasteiger partial charge is 0.345 e. The SMILES string of the molecule is CC(C)c1ccc([C@H](NC(=O)c2ccc3ccccc3c2)C(C)C)cc1. The number of hydrogen-bond donors (Lipinski definition) is 1. The van der Waals surface area contributed by atoms with Crippen LogP contribution in [0.5, 0.6) is 0 Å². The topological polar surface area (TPSA) is 29.1 Å². The van der Waals surface area contributed by atoms with Crippen LogP contribution >= 0.6 is 0 Å². The van der Waals surface area contributed by atoms with Crippen LogP contribution in [0.4, 0.5) is 0 Å². The maximum Gasteiger partial charge on any atom is 0.251 e. The minimum absolute atomic E-state index is 0.00446. The fourth-order valence-electron chi connectivity index (χ4n) is 3.28. The lowest BCUT2D eigenvalue weighted by Crippen LogP contribution is -2.31. The quantitative estimate of drug-likeness (QED) is 0.595. The highest BCUT2D eigenvalue weighted by Crippen LogP contribution is 2.25. The van der Waals surface area contributed by atoms with Gasteiger partial charge in [0, 0.05) is 5.56 Å². The molecule has 0 saturated heterocycles. The predicted octanol–water partition coefficient (Wildman–Crippen LogP) is 6.09. The maximum atomic E-state index is 12.8.